The van der Waals surface area contributed by atoms with Gasteiger partial charge in [-0.25, -0.2) is 0 Å². The lowest BCUT2D eigenvalue weighted by Gasteiger charge is -2.38. The van der Waals surface area contributed by atoms with Gasteiger partial charge < -0.3 is 15.6 Å². The van der Waals surface area contributed by atoms with Crippen LogP contribution in [0.2, 0.25) is 0 Å². The number of amides is 1. The zero-order valence-electron chi connectivity index (χ0n) is 12.1. The normalized spacial score (nSPS) is 18.6. The molecule has 0 unspecified atom stereocenters. The fraction of sp³-hybridized carbons (Fsp3) is 0.571. The molecular weight excluding hydrogens is 254 g/mol. The van der Waals surface area contributed by atoms with Crippen molar-refractivity contribution in [2.75, 3.05) is 32.1 Å². The number of rotatable bonds is 4. The molecule has 0 spiro atoms. The minimum atomic E-state index is -0.111. The summed E-state index contributed by atoms with van der Waals surface area (Å²) in [4.78, 5) is 18.5. The van der Waals surface area contributed by atoms with E-state index < -0.39 is 0 Å². The molecular formula is C14H23N5O. The zero-order valence-corrected chi connectivity index (χ0v) is 12.1. The van der Waals surface area contributed by atoms with Crippen LogP contribution in [0.3, 0.4) is 0 Å². The average Bonchev–Trinajstić information content (AvgIpc) is 2.48. The molecule has 6 heteroatoms. The molecule has 6 nitrogen and oxygen atoms in total. The van der Waals surface area contributed by atoms with E-state index in [0.29, 0.717) is 17.8 Å². The summed E-state index contributed by atoms with van der Waals surface area (Å²) in [5, 5.41) is 3.02. The number of aromatic nitrogens is 1. The number of nitrogens with zero attached hydrogens (tertiary/aromatic N) is 2. The molecule has 2 rings (SSSR count). The summed E-state index contributed by atoms with van der Waals surface area (Å²) in [7, 11) is 2.13. The van der Waals surface area contributed by atoms with Crippen LogP contribution in [-0.4, -0.2) is 42.5 Å². The first-order valence-electron chi connectivity index (χ1n) is 6.91. The molecule has 1 aromatic heterocycles. The minimum absolute atomic E-state index is 0.111. The van der Waals surface area contributed by atoms with E-state index in [4.69, 9.17) is 5.84 Å². The van der Waals surface area contributed by atoms with Gasteiger partial charge in [-0.15, -0.1) is 0 Å². The first kappa shape index (κ1) is 14.7. The van der Waals surface area contributed by atoms with Crippen LogP contribution in [0.25, 0.3) is 0 Å². The Balaban J connectivity index is 1.95. The molecule has 1 aliphatic heterocycles. The predicted octanol–water partition coefficient (Wildman–Crippen LogP) is 0.829. The highest BCUT2D eigenvalue weighted by molar-refractivity contribution is 5.99. The van der Waals surface area contributed by atoms with Crippen molar-refractivity contribution in [2.24, 2.45) is 11.3 Å². The van der Waals surface area contributed by atoms with Crippen LogP contribution < -0.4 is 16.6 Å². The van der Waals surface area contributed by atoms with Crippen molar-refractivity contribution in [3.8, 4) is 0 Å². The van der Waals surface area contributed by atoms with E-state index >= 15 is 0 Å². The molecule has 0 aromatic carbocycles. The Morgan fingerprint density at radius 2 is 2.20 bits per heavy atom. The molecule has 1 aromatic rings. The van der Waals surface area contributed by atoms with Crippen molar-refractivity contribution in [1.29, 1.82) is 0 Å². The molecule has 4 N–H and O–H groups in total. The SMILES string of the molecule is CN1CCC(C)(CNC(=O)c2ccncc2NN)CC1. The van der Waals surface area contributed by atoms with Crippen molar-refractivity contribution >= 4 is 11.6 Å². The number of carbonyl (C=O) groups excluding carboxylic acids is 1. The van der Waals surface area contributed by atoms with Crippen molar-refractivity contribution in [2.45, 2.75) is 19.8 Å². The van der Waals surface area contributed by atoms with Gasteiger partial charge in [-0.3, -0.25) is 15.6 Å². The molecule has 0 saturated carbocycles. The lowest BCUT2D eigenvalue weighted by atomic mass is 9.80. The predicted molar refractivity (Wildman–Crippen MR) is 79.2 cm³/mol. The Hall–Kier alpha value is -1.66. The van der Waals surface area contributed by atoms with Crippen LogP contribution in [0.15, 0.2) is 18.5 Å². The van der Waals surface area contributed by atoms with Gasteiger partial charge in [0.1, 0.15) is 0 Å². The molecule has 1 fully saturated rings. The summed E-state index contributed by atoms with van der Waals surface area (Å²) in [6.45, 7) is 5.08. The van der Waals surface area contributed by atoms with Crippen molar-refractivity contribution in [3.63, 3.8) is 0 Å². The van der Waals surface area contributed by atoms with Crippen molar-refractivity contribution < 1.29 is 4.79 Å². The lowest BCUT2D eigenvalue weighted by molar-refractivity contribution is 0.0892. The second-order valence-corrected chi connectivity index (χ2v) is 5.86. The smallest absolute Gasteiger partial charge is 0.253 e. The summed E-state index contributed by atoms with van der Waals surface area (Å²) in [6, 6.07) is 1.67. The standard InChI is InChI=1S/C14H23N5O/c1-14(4-7-19(2)8-5-14)10-17-13(20)11-3-6-16-9-12(11)18-15/h3,6,9,18H,4-5,7-8,10,15H2,1-2H3,(H,17,20). The number of hydrazine groups is 1. The third kappa shape index (κ3) is 3.46. The number of hydrogen-bond donors (Lipinski definition) is 3. The Morgan fingerprint density at radius 1 is 1.50 bits per heavy atom. The van der Waals surface area contributed by atoms with Crippen LogP contribution in [0.4, 0.5) is 5.69 Å². The molecule has 2 heterocycles. The van der Waals surface area contributed by atoms with Crippen LogP contribution in [0.1, 0.15) is 30.1 Å². The van der Waals surface area contributed by atoms with Gasteiger partial charge in [0.2, 0.25) is 0 Å². The second-order valence-electron chi connectivity index (χ2n) is 5.86. The molecule has 0 atom stereocenters. The number of hydrogen-bond acceptors (Lipinski definition) is 5. The Kier molecular flexibility index (Phi) is 4.57. The molecule has 110 valence electrons. The summed E-state index contributed by atoms with van der Waals surface area (Å²) in [6.07, 6.45) is 5.34. The number of pyridine rings is 1. The van der Waals surface area contributed by atoms with Gasteiger partial charge in [0.05, 0.1) is 17.4 Å². The number of nitrogen functional groups attached to an aromatic ring is 1. The maximum Gasteiger partial charge on any atom is 0.253 e. The first-order valence-corrected chi connectivity index (χ1v) is 6.91. The Morgan fingerprint density at radius 3 is 2.85 bits per heavy atom. The summed E-state index contributed by atoms with van der Waals surface area (Å²) in [5.41, 5.74) is 3.74. The molecule has 1 saturated heterocycles. The van der Waals surface area contributed by atoms with Gasteiger partial charge in [0, 0.05) is 12.7 Å². The van der Waals surface area contributed by atoms with E-state index in [2.05, 4.69) is 34.6 Å². The van der Waals surface area contributed by atoms with Gasteiger partial charge >= 0.3 is 0 Å². The average molecular weight is 277 g/mol. The highest BCUT2D eigenvalue weighted by Crippen LogP contribution is 2.29. The van der Waals surface area contributed by atoms with Gasteiger partial charge in [-0.05, 0) is 44.5 Å². The molecule has 0 aliphatic carbocycles. The second kappa shape index (κ2) is 6.19. The fourth-order valence-electron chi connectivity index (χ4n) is 2.43. The van der Waals surface area contributed by atoms with Crippen LogP contribution >= 0.6 is 0 Å². The molecule has 1 aliphatic rings. The van der Waals surface area contributed by atoms with E-state index in [1.807, 2.05) is 0 Å². The topological polar surface area (TPSA) is 83.3 Å². The van der Waals surface area contributed by atoms with E-state index in [0.717, 1.165) is 25.9 Å². The van der Waals surface area contributed by atoms with Gasteiger partial charge in [-0.1, -0.05) is 6.92 Å². The van der Waals surface area contributed by atoms with E-state index in [1.54, 1.807) is 18.5 Å². The zero-order chi connectivity index (χ0) is 14.6. The van der Waals surface area contributed by atoms with Crippen molar-refractivity contribution in [1.82, 2.24) is 15.2 Å². The van der Waals surface area contributed by atoms with Crippen molar-refractivity contribution in [3.05, 3.63) is 24.0 Å². The quantitative estimate of drug-likeness (QED) is 0.561. The van der Waals surface area contributed by atoms with Gasteiger partial charge in [0.25, 0.3) is 5.91 Å². The number of nitrogens with one attached hydrogen (secondary N) is 2. The largest absolute Gasteiger partial charge is 0.351 e. The highest BCUT2D eigenvalue weighted by atomic mass is 16.1. The maximum atomic E-state index is 12.2. The van der Waals surface area contributed by atoms with E-state index in [-0.39, 0.29) is 11.3 Å². The Labute approximate surface area is 119 Å². The first-order chi connectivity index (χ1) is 9.54. The number of piperidine rings is 1. The number of carbonyl (C=O) groups is 1. The lowest BCUT2D eigenvalue weighted by Crippen LogP contribution is -2.43. The molecule has 0 radical (unpaired) electrons. The van der Waals surface area contributed by atoms with Crippen LogP contribution in [-0.2, 0) is 0 Å². The molecule has 20 heavy (non-hydrogen) atoms. The molecule has 0 bridgehead atoms. The fourth-order valence-corrected chi connectivity index (χ4v) is 2.43. The molecule has 1 amide bonds. The number of nitrogens with two attached hydrogens (primary N) is 1. The minimum Gasteiger partial charge on any atom is -0.351 e. The van der Waals surface area contributed by atoms with Gasteiger partial charge in [0.15, 0.2) is 0 Å². The number of anilines is 1. The monoisotopic (exact) mass is 277 g/mol. The third-order valence-corrected chi connectivity index (χ3v) is 4.09. The van der Waals surface area contributed by atoms with E-state index in [1.165, 1.54) is 0 Å². The summed E-state index contributed by atoms with van der Waals surface area (Å²) >= 11 is 0. The highest BCUT2D eigenvalue weighted by Gasteiger charge is 2.29. The van der Waals surface area contributed by atoms with E-state index in [9.17, 15) is 4.79 Å². The summed E-state index contributed by atoms with van der Waals surface area (Å²) < 4.78 is 0. The van der Waals surface area contributed by atoms with Crippen LogP contribution in [0.5, 0.6) is 0 Å². The maximum absolute atomic E-state index is 12.2. The third-order valence-electron chi connectivity index (χ3n) is 4.09. The Bertz CT molecular complexity index is 468. The number of likely N-dealkylation sites (tertiary alicyclic amines) is 1. The van der Waals surface area contributed by atoms with Gasteiger partial charge in [-0.2, -0.15) is 0 Å². The summed E-state index contributed by atoms with van der Waals surface area (Å²) in [5.74, 6) is 5.28. The van der Waals surface area contributed by atoms with Crippen LogP contribution in [0, 0.1) is 5.41 Å².